The van der Waals surface area contributed by atoms with Gasteiger partial charge in [0.1, 0.15) is 11.4 Å². The van der Waals surface area contributed by atoms with Gasteiger partial charge in [-0.3, -0.25) is 0 Å². The Morgan fingerprint density at radius 2 is 2.21 bits per heavy atom. The fraction of sp³-hybridized carbons (Fsp3) is 0.286. The van der Waals surface area contributed by atoms with Gasteiger partial charge in [-0.05, 0) is 52.7 Å². The maximum atomic E-state index is 4.22. The monoisotopic (exact) mass is 337 g/mol. The highest BCUT2D eigenvalue weighted by atomic mass is 79.9. The molecule has 2 aromatic rings. The van der Waals surface area contributed by atoms with Crippen LogP contribution in [0.4, 0.5) is 0 Å². The predicted octanol–water partition coefficient (Wildman–Crippen LogP) is 3.89. The van der Waals surface area contributed by atoms with Gasteiger partial charge in [0.15, 0.2) is 0 Å². The Labute approximate surface area is 126 Å². The summed E-state index contributed by atoms with van der Waals surface area (Å²) in [6.45, 7) is 4.13. The number of nitrogens with zero attached hydrogens (tertiary/aromatic N) is 2. The SMILES string of the molecule is CCCNCc1ccc(Sc2ccncn2)c(Br)c1. The van der Waals surface area contributed by atoms with Gasteiger partial charge in [0.05, 0.1) is 0 Å². The highest BCUT2D eigenvalue weighted by Crippen LogP contribution is 2.32. The first kappa shape index (κ1) is 14.5. The van der Waals surface area contributed by atoms with E-state index in [1.54, 1.807) is 24.3 Å². The molecule has 2 rings (SSSR count). The third-order valence-electron chi connectivity index (χ3n) is 2.52. The maximum Gasteiger partial charge on any atom is 0.116 e. The molecule has 100 valence electrons. The van der Waals surface area contributed by atoms with Gasteiger partial charge in [-0.2, -0.15) is 0 Å². The summed E-state index contributed by atoms with van der Waals surface area (Å²) in [7, 11) is 0. The van der Waals surface area contributed by atoms with E-state index in [2.05, 4.69) is 56.3 Å². The fourth-order valence-electron chi connectivity index (χ4n) is 1.60. The molecule has 1 aromatic carbocycles. The standard InChI is InChI=1S/C14H16BrN3S/c1-2-6-16-9-11-3-4-13(12(15)8-11)19-14-5-7-17-10-18-14/h3-5,7-8,10,16H,2,6,9H2,1H3. The molecule has 3 nitrogen and oxygen atoms in total. The van der Waals surface area contributed by atoms with Crippen LogP contribution in [0.3, 0.4) is 0 Å². The first-order valence-corrected chi connectivity index (χ1v) is 7.83. The van der Waals surface area contributed by atoms with Crippen LogP contribution in [0.5, 0.6) is 0 Å². The lowest BCUT2D eigenvalue weighted by molar-refractivity contribution is 0.675. The number of benzene rings is 1. The van der Waals surface area contributed by atoms with E-state index >= 15 is 0 Å². The molecule has 1 N–H and O–H groups in total. The molecule has 1 aromatic heterocycles. The number of hydrogen-bond donors (Lipinski definition) is 1. The van der Waals surface area contributed by atoms with Crippen LogP contribution in [-0.4, -0.2) is 16.5 Å². The van der Waals surface area contributed by atoms with Crippen LogP contribution in [0, 0.1) is 0 Å². The molecule has 0 amide bonds. The number of rotatable bonds is 6. The molecule has 0 aliphatic rings. The van der Waals surface area contributed by atoms with Crippen LogP contribution >= 0.6 is 27.7 Å². The molecule has 0 atom stereocenters. The van der Waals surface area contributed by atoms with Crippen LogP contribution in [0.2, 0.25) is 0 Å². The second-order valence-electron chi connectivity index (χ2n) is 4.09. The Morgan fingerprint density at radius 3 is 2.89 bits per heavy atom. The minimum atomic E-state index is 0.908. The predicted molar refractivity (Wildman–Crippen MR) is 82.3 cm³/mol. The van der Waals surface area contributed by atoms with E-state index < -0.39 is 0 Å². The van der Waals surface area contributed by atoms with Crippen molar-refractivity contribution in [2.45, 2.75) is 29.8 Å². The zero-order valence-corrected chi connectivity index (χ0v) is 13.2. The summed E-state index contributed by atoms with van der Waals surface area (Å²) in [5.41, 5.74) is 1.28. The minimum Gasteiger partial charge on any atom is -0.313 e. The van der Waals surface area contributed by atoms with E-state index in [1.165, 1.54) is 5.56 Å². The number of halogens is 1. The summed E-state index contributed by atoms with van der Waals surface area (Å²) < 4.78 is 1.10. The fourth-order valence-corrected chi connectivity index (χ4v) is 3.01. The van der Waals surface area contributed by atoms with Crippen molar-refractivity contribution >= 4 is 27.7 Å². The van der Waals surface area contributed by atoms with Gasteiger partial charge in [0, 0.05) is 22.1 Å². The van der Waals surface area contributed by atoms with E-state index in [0.717, 1.165) is 33.9 Å². The molecule has 19 heavy (non-hydrogen) atoms. The van der Waals surface area contributed by atoms with Crippen LogP contribution in [0.1, 0.15) is 18.9 Å². The lowest BCUT2D eigenvalue weighted by Gasteiger charge is -2.07. The van der Waals surface area contributed by atoms with Crippen molar-refractivity contribution in [2.75, 3.05) is 6.54 Å². The Balaban J connectivity index is 2.03. The van der Waals surface area contributed by atoms with Gasteiger partial charge < -0.3 is 5.32 Å². The summed E-state index contributed by atoms with van der Waals surface area (Å²) in [4.78, 5) is 9.30. The van der Waals surface area contributed by atoms with Crippen LogP contribution in [-0.2, 0) is 6.54 Å². The normalized spacial score (nSPS) is 10.6. The minimum absolute atomic E-state index is 0.908. The van der Waals surface area contributed by atoms with E-state index in [-0.39, 0.29) is 0 Å². The smallest absolute Gasteiger partial charge is 0.116 e. The van der Waals surface area contributed by atoms with E-state index in [1.807, 2.05) is 6.07 Å². The second kappa shape index (κ2) is 7.62. The molecular formula is C14H16BrN3S. The van der Waals surface area contributed by atoms with Gasteiger partial charge in [-0.25, -0.2) is 9.97 Å². The lowest BCUT2D eigenvalue weighted by atomic mass is 10.2. The van der Waals surface area contributed by atoms with Crippen molar-refractivity contribution < 1.29 is 0 Å². The van der Waals surface area contributed by atoms with Crippen molar-refractivity contribution in [3.05, 3.63) is 46.8 Å². The first-order valence-electron chi connectivity index (χ1n) is 6.22. The van der Waals surface area contributed by atoms with Gasteiger partial charge in [0.25, 0.3) is 0 Å². The summed E-state index contributed by atoms with van der Waals surface area (Å²) in [5.74, 6) is 0. The molecule has 0 radical (unpaired) electrons. The Hall–Kier alpha value is -0.910. The quantitative estimate of drug-likeness (QED) is 0.641. The van der Waals surface area contributed by atoms with Crippen molar-refractivity contribution in [2.24, 2.45) is 0 Å². The summed E-state index contributed by atoms with van der Waals surface area (Å²) in [6.07, 6.45) is 4.48. The number of hydrogen-bond acceptors (Lipinski definition) is 4. The third-order valence-corrected chi connectivity index (χ3v) is 4.47. The third kappa shape index (κ3) is 4.60. The highest BCUT2D eigenvalue weighted by molar-refractivity contribution is 9.10. The topological polar surface area (TPSA) is 37.8 Å². The lowest BCUT2D eigenvalue weighted by Crippen LogP contribution is -2.13. The molecule has 0 aliphatic heterocycles. The first-order chi connectivity index (χ1) is 9.29. The molecule has 0 spiro atoms. The van der Waals surface area contributed by atoms with Gasteiger partial charge in [-0.15, -0.1) is 0 Å². The molecule has 0 aliphatic carbocycles. The molecule has 0 bridgehead atoms. The number of nitrogens with one attached hydrogen (secondary N) is 1. The van der Waals surface area contributed by atoms with Gasteiger partial charge >= 0.3 is 0 Å². The van der Waals surface area contributed by atoms with Crippen molar-refractivity contribution in [1.82, 2.24) is 15.3 Å². The molecule has 0 fully saturated rings. The van der Waals surface area contributed by atoms with E-state index in [4.69, 9.17) is 0 Å². The molecule has 0 unspecified atom stereocenters. The maximum absolute atomic E-state index is 4.22. The Bertz CT molecular complexity index is 519. The Kier molecular flexibility index (Phi) is 5.82. The van der Waals surface area contributed by atoms with E-state index in [9.17, 15) is 0 Å². The average Bonchev–Trinajstić information content (AvgIpc) is 2.43. The summed E-state index contributed by atoms with van der Waals surface area (Å²) in [5, 5.41) is 4.35. The highest BCUT2D eigenvalue weighted by Gasteiger charge is 2.04. The largest absolute Gasteiger partial charge is 0.313 e. The number of aromatic nitrogens is 2. The van der Waals surface area contributed by atoms with Crippen LogP contribution in [0.15, 0.2) is 51.2 Å². The van der Waals surface area contributed by atoms with Crippen LogP contribution < -0.4 is 5.32 Å². The molecular weight excluding hydrogens is 322 g/mol. The zero-order valence-electron chi connectivity index (χ0n) is 10.8. The molecule has 0 saturated heterocycles. The molecule has 1 heterocycles. The van der Waals surface area contributed by atoms with Crippen molar-refractivity contribution in [1.29, 1.82) is 0 Å². The second-order valence-corrected chi connectivity index (χ2v) is 6.01. The van der Waals surface area contributed by atoms with Crippen LogP contribution in [0.25, 0.3) is 0 Å². The van der Waals surface area contributed by atoms with Gasteiger partial charge in [-0.1, -0.05) is 24.8 Å². The zero-order chi connectivity index (χ0) is 13.5. The average molecular weight is 338 g/mol. The molecule has 0 saturated carbocycles. The summed E-state index contributed by atoms with van der Waals surface area (Å²) in [6, 6.07) is 8.34. The molecule has 5 heteroatoms. The van der Waals surface area contributed by atoms with Crippen molar-refractivity contribution in [3.63, 3.8) is 0 Å². The van der Waals surface area contributed by atoms with Crippen molar-refractivity contribution in [3.8, 4) is 0 Å². The summed E-state index contributed by atoms with van der Waals surface area (Å²) >= 11 is 5.25. The van der Waals surface area contributed by atoms with Gasteiger partial charge in [0.2, 0.25) is 0 Å². The van der Waals surface area contributed by atoms with E-state index in [0.29, 0.717) is 0 Å². The Morgan fingerprint density at radius 1 is 1.32 bits per heavy atom.